The molecular formula is C21H16O4. The number of hydrogen-bond acceptors (Lipinski definition) is 4. The molecule has 3 rings (SSSR count). The number of rotatable bonds is 4. The normalized spacial score (nSPS) is 10.1. The number of esters is 2. The zero-order chi connectivity index (χ0) is 17.6. The second-order valence-corrected chi connectivity index (χ2v) is 5.44. The van der Waals surface area contributed by atoms with Gasteiger partial charge < -0.3 is 9.47 Å². The lowest BCUT2D eigenvalue weighted by atomic mass is 10.1. The lowest BCUT2D eigenvalue weighted by molar-refractivity contribution is 0.0714. The maximum Gasteiger partial charge on any atom is 0.343 e. The van der Waals surface area contributed by atoms with Crippen molar-refractivity contribution in [2.45, 2.75) is 6.92 Å². The monoisotopic (exact) mass is 332 g/mol. The van der Waals surface area contributed by atoms with Crippen LogP contribution in [0.25, 0.3) is 0 Å². The summed E-state index contributed by atoms with van der Waals surface area (Å²) in [5, 5.41) is 0. The molecule has 0 radical (unpaired) electrons. The lowest BCUT2D eigenvalue weighted by Crippen LogP contribution is -2.12. The Kier molecular flexibility index (Phi) is 4.90. The Morgan fingerprint density at radius 2 is 1.28 bits per heavy atom. The Hall–Kier alpha value is -3.40. The van der Waals surface area contributed by atoms with Gasteiger partial charge in [-0.05, 0) is 48.9 Å². The Morgan fingerprint density at radius 1 is 0.680 bits per heavy atom. The largest absolute Gasteiger partial charge is 0.423 e. The first-order valence-corrected chi connectivity index (χ1v) is 7.78. The van der Waals surface area contributed by atoms with Crippen LogP contribution in [0.15, 0.2) is 78.9 Å². The van der Waals surface area contributed by atoms with Crippen LogP contribution in [-0.4, -0.2) is 11.9 Å². The zero-order valence-corrected chi connectivity index (χ0v) is 13.6. The number of carbonyl (C=O) groups is 2. The molecule has 0 aliphatic carbocycles. The number of para-hydroxylation sites is 1. The molecular weight excluding hydrogens is 316 g/mol. The van der Waals surface area contributed by atoms with Crippen LogP contribution in [0.3, 0.4) is 0 Å². The fraction of sp³-hybridized carbons (Fsp3) is 0.0476. The van der Waals surface area contributed by atoms with E-state index in [2.05, 4.69) is 0 Å². The number of hydrogen-bond donors (Lipinski definition) is 0. The van der Waals surface area contributed by atoms with Crippen molar-refractivity contribution in [1.82, 2.24) is 0 Å². The van der Waals surface area contributed by atoms with Gasteiger partial charge in [0.2, 0.25) is 0 Å². The maximum atomic E-state index is 12.3. The Morgan fingerprint density at radius 3 is 1.96 bits per heavy atom. The molecule has 0 atom stereocenters. The van der Waals surface area contributed by atoms with Gasteiger partial charge in [-0.1, -0.05) is 42.5 Å². The van der Waals surface area contributed by atoms with Crippen molar-refractivity contribution < 1.29 is 19.1 Å². The van der Waals surface area contributed by atoms with Crippen LogP contribution in [0.2, 0.25) is 0 Å². The van der Waals surface area contributed by atoms with Gasteiger partial charge in [-0.15, -0.1) is 0 Å². The van der Waals surface area contributed by atoms with Crippen molar-refractivity contribution in [3.05, 3.63) is 95.6 Å². The van der Waals surface area contributed by atoms with Crippen molar-refractivity contribution >= 4 is 11.9 Å². The molecule has 0 heterocycles. The molecule has 0 amide bonds. The zero-order valence-electron chi connectivity index (χ0n) is 13.6. The Bertz CT molecular complexity index is 886. The quantitative estimate of drug-likeness (QED) is 0.524. The minimum Gasteiger partial charge on any atom is -0.423 e. The van der Waals surface area contributed by atoms with Crippen LogP contribution >= 0.6 is 0 Å². The predicted molar refractivity (Wildman–Crippen MR) is 94.0 cm³/mol. The van der Waals surface area contributed by atoms with Gasteiger partial charge in [0.1, 0.15) is 11.5 Å². The summed E-state index contributed by atoms with van der Waals surface area (Å²) in [6.45, 7) is 1.81. The summed E-state index contributed by atoms with van der Waals surface area (Å²) in [6, 6.07) is 22.4. The van der Waals surface area contributed by atoms with Crippen molar-refractivity contribution in [2.75, 3.05) is 0 Å². The summed E-state index contributed by atoms with van der Waals surface area (Å²) in [5.41, 5.74) is 1.50. The molecule has 4 nitrogen and oxygen atoms in total. The van der Waals surface area contributed by atoms with Gasteiger partial charge in [0.05, 0.1) is 11.1 Å². The summed E-state index contributed by atoms with van der Waals surface area (Å²) in [7, 11) is 0. The van der Waals surface area contributed by atoms with Gasteiger partial charge in [-0.25, -0.2) is 9.59 Å². The third-order valence-corrected chi connectivity index (χ3v) is 3.59. The molecule has 0 fully saturated rings. The van der Waals surface area contributed by atoms with Crippen molar-refractivity contribution in [3.8, 4) is 11.5 Å². The smallest absolute Gasteiger partial charge is 0.343 e. The second kappa shape index (κ2) is 7.45. The fourth-order valence-electron chi connectivity index (χ4n) is 2.22. The fourth-order valence-corrected chi connectivity index (χ4v) is 2.22. The van der Waals surface area contributed by atoms with E-state index in [1.165, 1.54) is 6.07 Å². The molecule has 0 bridgehead atoms. The average Bonchev–Trinajstić information content (AvgIpc) is 2.65. The summed E-state index contributed by atoms with van der Waals surface area (Å²) >= 11 is 0. The molecule has 0 spiro atoms. The number of aryl methyl sites for hydroxylation is 1. The molecule has 0 saturated heterocycles. The minimum absolute atomic E-state index is 0.310. The Labute approximate surface area is 145 Å². The standard InChI is InChI=1S/C21H16O4/c1-15-12-13-17(21(23)24-18-10-6-3-7-11-18)14-19(15)25-20(22)16-8-4-2-5-9-16/h2-14H,1H3. The van der Waals surface area contributed by atoms with Crippen LogP contribution in [0.4, 0.5) is 0 Å². The maximum absolute atomic E-state index is 12.3. The van der Waals surface area contributed by atoms with E-state index >= 15 is 0 Å². The third-order valence-electron chi connectivity index (χ3n) is 3.59. The van der Waals surface area contributed by atoms with E-state index in [1.54, 1.807) is 67.6 Å². The topological polar surface area (TPSA) is 52.6 Å². The van der Waals surface area contributed by atoms with Crippen LogP contribution < -0.4 is 9.47 Å². The van der Waals surface area contributed by atoms with Crippen molar-refractivity contribution in [2.24, 2.45) is 0 Å². The van der Waals surface area contributed by atoms with Crippen LogP contribution in [-0.2, 0) is 0 Å². The summed E-state index contributed by atoms with van der Waals surface area (Å²) in [4.78, 5) is 24.5. The lowest BCUT2D eigenvalue weighted by Gasteiger charge is -2.10. The van der Waals surface area contributed by atoms with Crippen LogP contribution in [0, 0.1) is 6.92 Å². The molecule has 3 aromatic carbocycles. The van der Waals surface area contributed by atoms with Crippen molar-refractivity contribution in [1.29, 1.82) is 0 Å². The van der Waals surface area contributed by atoms with Gasteiger partial charge in [0, 0.05) is 0 Å². The minimum atomic E-state index is -0.511. The molecule has 0 aliphatic heterocycles. The van der Waals surface area contributed by atoms with Crippen LogP contribution in [0.5, 0.6) is 11.5 Å². The highest BCUT2D eigenvalue weighted by molar-refractivity contribution is 5.93. The van der Waals surface area contributed by atoms with E-state index in [4.69, 9.17) is 9.47 Å². The van der Waals surface area contributed by atoms with Gasteiger partial charge in [0.15, 0.2) is 0 Å². The molecule has 0 aliphatic rings. The van der Waals surface area contributed by atoms with E-state index in [-0.39, 0.29) is 0 Å². The van der Waals surface area contributed by atoms with E-state index in [9.17, 15) is 9.59 Å². The number of carbonyl (C=O) groups excluding carboxylic acids is 2. The highest BCUT2D eigenvalue weighted by Gasteiger charge is 2.14. The highest BCUT2D eigenvalue weighted by Crippen LogP contribution is 2.22. The Balaban J connectivity index is 1.78. The van der Waals surface area contributed by atoms with Gasteiger partial charge >= 0.3 is 11.9 Å². The first kappa shape index (κ1) is 16.5. The SMILES string of the molecule is Cc1ccc(C(=O)Oc2ccccc2)cc1OC(=O)c1ccccc1. The first-order valence-electron chi connectivity index (χ1n) is 7.78. The predicted octanol–water partition coefficient (Wildman–Crippen LogP) is 4.43. The van der Waals surface area contributed by atoms with E-state index < -0.39 is 11.9 Å². The first-order chi connectivity index (χ1) is 12.1. The molecule has 0 aromatic heterocycles. The van der Waals surface area contributed by atoms with E-state index in [0.717, 1.165) is 5.56 Å². The highest BCUT2D eigenvalue weighted by atomic mass is 16.5. The third kappa shape index (κ3) is 4.12. The van der Waals surface area contributed by atoms with Crippen molar-refractivity contribution in [3.63, 3.8) is 0 Å². The van der Waals surface area contributed by atoms with Gasteiger partial charge in [-0.2, -0.15) is 0 Å². The second-order valence-electron chi connectivity index (χ2n) is 5.44. The molecule has 0 N–H and O–H groups in total. The molecule has 0 saturated carbocycles. The number of benzene rings is 3. The molecule has 4 heteroatoms. The van der Waals surface area contributed by atoms with E-state index in [1.807, 2.05) is 12.1 Å². The van der Waals surface area contributed by atoms with Crippen LogP contribution in [0.1, 0.15) is 26.3 Å². The molecule has 124 valence electrons. The van der Waals surface area contributed by atoms with Gasteiger partial charge in [-0.3, -0.25) is 0 Å². The average molecular weight is 332 g/mol. The van der Waals surface area contributed by atoms with Gasteiger partial charge in [0.25, 0.3) is 0 Å². The summed E-state index contributed by atoms with van der Waals surface area (Å²) in [5.74, 6) is -0.201. The summed E-state index contributed by atoms with van der Waals surface area (Å²) < 4.78 is 10.7. The molecule has 3 aromatic rings. The summed E-state index contributed by atoms with van der Waals surface area (Å²) in [6.07, 6.45) is 0. The van der Waals surface area contributed by atoms with E-state index in [0.29, 0.717) is 22.6 Å². The molecule has 0 unspecified atom stereocenters. The molecule has 25 heavy (non-hydrogen) atoms. The number of ether oxygens (including phenoxy) is 2.